The minimum atomic E-state index is -4.03. The van der Waals surface area contributed by atoms with Crippen LogP contribution in [-0.2, 0) is 20.0 Å². The van der Waals surface area contributed by atoms with Gasteiger partial charge in [-0.1, -0.05) is 12.1 Å². The van der Waals surface area contributed by atoms with Gasteiger partial charge in [-0.05, 0) is 24.3 Å². The number of hydrogen-bond donors (Lipinski definition) is 2. The van der Waals surface area contributed by atoms with E-state index in [9.17, 15) is 21.9 Å². The maximum absolute atomic E-state index is 12.9. The molecule has 0 radical (unpaired) electrons. The molecule has 0 atom stereocenters. The summed E-state index contributed by atoms with van der Waals surface area (Å²) < 4.78 is 64.7. The number of nitrogens with one attached hydrogen (secondary N) is 1. The predicted octanol–water partition coefficient (Wildman–Crippen LogP) is 1.16. The number of piperidine rings is 1. The van der Waals surface area contributed by atoms with Crippen LogP contribution < -0.4 is 14.2 Å². The first-order valence-corrected chi connectivity index (χ1v) is 12.1. The van der Waals surface area contributed by atoms with Gasteiger partial charge in [-0.2, -0.15) is 9.03 Å². The molecule has 0 amide bonds. The average molecular weight is 457 g/mol. The molecule has 0 spiro atoms. The highest BCUT2D eigenvalue weighted by Crippen LogP contribution is 2.28. The molecule has 3 rings (SSSR count). The first-order valence-electron chi connectivity index (χ1n) is 9.14. The van der Waals surface area contributed by atoms with Gasteiger partial charge in [-0.3, -0.25) is 0 Å². The van der Waals surface area contributed by atoms with Gasteiger partial charge in [-0.25, -0.2) is 16.8 Å². The molecule has 30 heavy (non-hydrogen) atoms. The topological polar surface area (TPSA) is 122 Å². The number of sulfonamides is 2. The Balaban J connectivity index is 1.73. The van der Waals surface area contributed by atoms with E-state index in [4.69, 9.17) is 9.47 Å². The van der Waals surface area contributed by atoms with Gasteiger partial charge in [0.25, 0.3) is 0 Å². The molecule has 0 unspecified atom stereocenters. The largest absolute Gasteiger partial charge is 0.497 e. The summed E-state index contributed by atoms with van der Waals surface area (Å²) in [5.74, 6) is 0.778. The minimum Gasteiger partial charge on any atom is -0.497 e. The van der Waals surface area contributed by atoms with Crippen molar-refractivity contribution in [1.29, 1.82) is 0 Å². The van der Waals surface area contributed by atoms with E-state index in [1.54, 1.807) is 18.2 Å². The highest BCUT2D eigenvalue weighted by atomic mass is 32.2. The fourth-order valence-electron chi connectivity index (χ4n) is 3.19. The van der Waals surface area contributed by atoms with Crippen LogP contribution in [0.15, 0.2) is 58.3 Å². The fourth-order valence-corrected chi connectivity index (χ4v) is 6.01. The molecule has 0 aliphatic carbocycles. The van der Waals surface area contributed by atoms with Crippen molar-refractivity contribution in [2.45, 2.75) is 28.4 Å². The molecular weight excluding hydrogens is 432 g/mol. The molecule has 11 heteroatoms. The van der Waals surface area contributed by atoms with Crippen LogP contribution in [0.3, 0.4) is 0 Å². The molecule has 0 bridgehead atoms. The van der Waals surface area contributed by atoms with Crippen LogP contribution in [-0.4, -0.2) is 59.3 Å². The van der Waals surface area contributed by atoms with Crippen LogP contribution in [0.1, 0.15) is 12.8 Å². The Morgan fingerprint density at radius 1 is 0.900 bits per heavy atom. The second-order valence-electron chi connectivity index (χ2n) is 6.90. The fraction of sp³-hybridized carbons (Fsp3) is 0.368. The van der Waals surface area contributed by atoms with Crippen LogP contribution in [0.5, 0.6) is 11.5 Å². The number of aliphatic hydroxyl groups is 1. The molecule has 2 N–H and O–H groups in total. The molecule has 0 saturated carbocycles. The van der Waals surface area contributed by atoms with Gasteiger partial charge >= 0.3 is 0 Å². The number of benzene rings is 2. The average Bonchev–Trinajstić information content (AvgIpc) is 2.73. The molecule has 164 valence electrons. The van der Waals surface area contributed by atoms with E-state index < -0.39 is 25.8 Å². The Labute approximate surface area is 176 Å². The van der Waals surface area contributed by atoms with Gasteiger partial charge in [0.05, 0.1) is 24.0 Å². The summed E-state index contributed by atoms with van der Waals surface area (Å²) >= 11 is 0. The molecule has 0 aromatic heterocycles. The molecule has 2 aromatic carbocycles. The number of nitrogens with zero attached hydrogens (tertiary/aromatic N) is 1. The molecular formula is C19H24N2O7S2. The van der Waals surface area contributed by atoms with Crippen molar-refractivity contribution in [3.05, 3.63) is 48.5 Å². The van der Waals surface area contributed by atoms with Gasteiger partial charge in [0.2, 0.25) is 20.0 Å². The van der Waals surface area contributed by atoms with Crippen LogP contribution in [0, 0.1) is 0 Å². The number of hydrogen-bond acceptors (Lipinski definition) is 7. The molecule has 1 aliphatic heterocycles. The minimum absolute atomic E-state index is 0.0450. The van der Waals surface area contributed by atoms with E-state index in [1.165, 1.54) is 48.9 Å². The Kier molecular flexibility index (Phi) is 6.39. The van der Waals surface area contributed by atoms with E-state index in [0.717, 1.165) is 0 Å². The van der Waals surface area contributed by atoms with Crippen LogP contribution in [0.2, 0.25) is 0 Å². The standard InChI is InChI=1S/C19H24N2O7S2/c1-27-15-5-3-7-17(13-15)29(23,24)20-19(22)9-11-21(12-10-19)30(25,26)18-8-4-6-16(14-18)28-2/h3-8,13-14,20,22H,9-12H2,1-2H3. The highest BCUT2D eigenvalue weighted by molar-refractivity contribution is 7.89. The number of rotatable bonds is 7. The zero-order valence-electron chi connectivity index (χ0n) is 16.6. The Hall–Kier alpha value is -2.18. The second-order valence-corrected chi connectivity index (χ2v) is 10.5. The Morgan fingerprint density at radius 2 is 1.40 bits per heavy atom. The summed E-state index contributed by atoms with van der Waals surface area (Å²) in [6.45, 7) is -0.0899. The molecule has 9 nitrogen and oxygen atoms in total. The normalized spacial score (nSPS) is 17.4. The Morgan fingerprint density at radius 3 is 1.93 bits per heavy atom. The zero-order valence-corrected chi connectivity index (χ0v) is 18.2. The quantitative estimate of drug-likeness (QED) is 0.600. The second kappa shape index (κ2) is 8.52. The smallest absolute Gasteiger partial charge is 0.243 e. The van der Waals surface area contributed by atoms with Gasteiger partial charge in [0.1, 0.15) is 17.2 Å². The highest BCUT2D eigenvalue weighted by Gasteiger charge is 2.40. The van der Waals surface area contributed by atoms with Crippen molar-refractivity contribution in [3.63, 3.8) is 0 Å². The van der Waals surface area contributed by atoms with Crippen molar-refractivity contribution >= 4 is 20.0 Å². The maximum Gasteiger partial charge on any atom is 0.243 e. The lowest BCUT2D eigenvalue weighted by Crippen LogP contribution is -2.55. The van der Waals surface area contributed by atoms with E-state index in [0.29, 0.717) is 11.5 Å². The molecule has 1 fully saturated rings. The molecule has 1 heterocycles. The van der Waals surface area contributed by atoms with Gasteiger partial charge < -0.3 is 14.6 Å². The Bertz CT molecular complexity index is 1110. The van der Waals surface area contributed by atoms with E-state index in [2.05, 4.69) is 4.72 Å². The van der Waals surface area contributed by atoms with E-state index in [-0.39, 0.29) is 35.7 Å². The number of ether oxygens (including phenoxy) is 2. The monoisotopic (exact) mass is 456 g/mol. The third kappa shape index (κ3) is 4.76. The van der Waals surface area contributed by atoms with E-state index >= 15 is 0 Å². The van der Waals surface area contributed by atoms with Crippen LogP contribution >= 0.6 is 0 Å². The van der Waals surface area contributed by atoms with Gasteiger partial charge in [-0.15, -0.1) is 0 Å². The van der Waals surface area contributed by atoms with Crippen molar-refractivity contribution in [2.24, 2.45) is 0 Å². The van der Waals surface area contributed by atoms with Crippen molar-refractivity contribution in [2.75, 3.05) is 27.3 Å². The summed E-state index contributed by atoms with van der Waals surface area (Å²) in [6.07, 6.45) is -0.196. The van der Waals surface area contributed by atoms with Gasteiger partial charge in [0.15, 0.2) is 0 Å². The third-order valence-electron chi connectivity index (χ3n) is 4.90. The van der Waals surface area contributed by atoms with Crippen molar-refractivity contribution in [1.82, 2.24) is 9.03 Å². The summed E-state index contributed by atoms with van der Waals surface area (Å²) in [5, 5.41) is 10.8. The van der Waals surface area contributed by atoms with Gasteiger partial charge in [0, 0.05) is 38.1 Å². The van der Waals surface area contributed by atoms with Crippen molar-refractivity contribution in [3.8, 4) is 11.5 Å². The molecule has 1 saturated heterocycles. The first kappa shape index (κ1) is 22.5. The molecule has 2 aromatic rings. The zero-order chi connectivity index (χ0) is 22.0. The molecule has 1 aliphatic rings. The lowest BCUT2D eigenvalue weighted by atomic mass is 10.0. The SMILES string of the molecule is COc1cccc(S(=O)(=O)NC2(O)CCN(S(=O)(=O)c3cccc(OC)c3)CC2)c1. The predicted molar refractivity (Wildman–Crippen MR) is 109 cm³/mol. The lowest BCUT2D eigenvalue weighted by molar-refractivity contribution is -0.0148. The summed E-state index contributed by atoms with van der Waals surface area (Å²) in [5.41, 5.74) is -1.76. The maximum atomic E-state index is 12.9. The first-order chi connectivity index (χ1) is 14.1. The van der Waals surface area contributed by atoms with Crippen LogP contribution in [0.4, 0.5) is 0 Å². The lowest BCUT2D eigenvalue weighted by Gasteiger charge is -2.37. The van der Waals surface area contributed by atoms with Crippen LogP contribution in [0.25, 0.3) is 0 Å². The van der Waals surface area contributed by atoms with Crippen molar-refractivity contribution < 1.29 is 31.4 Å². The summed E-state index contributed by atoms with van der Waals surface area (Å²) in [4.78, 5) is 0.0194. The third-order valence-corrected chi connectivity index (χ3v) is 8.32. The summed E-state index contributed by atoms with van der Waals surface area (Å²) in [7, 11) is -4.96. The number of methoxy groups -OCH3 is 2. The van der Waals surface area contributed by atoms with E-state index in [1.807, 2.05) is 0 Å². The summed E-state index contributed by atoms with van der Waals surface area (Å²) in [6, 6.07) is 12.0.